The smallest absolute Gasteiger partial charge is 0.309 e. The third-order valence-corrected chi connectivity index (χ3v) is 7.50. The predicted molar refractivity (Wildman–Crippen MR) is 67.9 cm³/mol. The van der Waals surface area contributed by atoms with E-state index >= 15 is 0 Å². The van der Waals surface area contributed by atoms with E-state index in [0.29, 0.717) is 24.4 Å². The molecule has 3 heteroatoms. The Bertz CT molecular complexity index is 445. The number of carbonyl (C=O) groups excluding carboxylic acids is 1. The third kappa shape index (κ3) is 1.14. The Kier molecular flexibility index (Phi) is 1.97. The van der Waals surface area contributed by atoms with Gasteiger partial charge in [0.25, 0.3) is 0 Å². The van der Waals surface area contributed by atoms with Crippen LogP contribution in [-0.4, -0.2) is 23.8 Å². The molecule has 1 aliphatic heterocycles. The van der Waals surface area contributed by atoms with E-state index in [0.717, 1.165) is 29.6 Å². The van der Waals surface area contributed by atoms with Crippen molar-refractivity contribution in [3.63, 3.8) is 0 Å². The predicted octanol–water partition coefficient (Wildman–Crippen LogP) is 1.69. The van der Waals surface area contributed by atoms with Crippen LogP contribution in [-0.2, 0) is 9.53 Å². The van der Waals surface area contributed by atoms with Crippen molar-refractivity contribution in [2.24, 2.45) is 53.3 Å². The lowest BCUT2D eigenvalue weighted by Gasteiger charge is -2.42. The minimum atomic E-state index is -0.146. The van der Waals surface area contributed by atoms with Gasteiger partial charge in [-0.2, -0.15) is 0 Å². The van der Waals surface area contributed by atoms with Gasteiger partial charge in [-0.25, -0.2) is 0 Å². The second-order valence-corrected chi connectivity index (χ2v) is 7.84. The van der Waals surface area contributed by atoms with Crippen LogP contribution in [0.2, 0.25) is 0 Å². The van der Waals surface area contributed by atoms with Crippen molar-refractivity contribution < 1.29 is 14.6 Å². The average molecular weight is 262 g/mol. The molecule has 10 unspecified atom stereocenters. The minimum absolute atomic E-state index is 0.103. The van der Waals surface area contributed by atoms with Crippen LogP contribution in [0.4, 0.5) is 0 Å². The number of carbonyl (C=O) groups is 1. The first-order valence-corrected chi connectivity index (χ1v) is 8.01. The molecule has 5 aliphatic rings. The summed E-state index contributed by atoms with van der Waals surface area (Å²) in [7, 11) is 0. The molecule has 5 rings (SSSR count). The van der Waals surface area contributed by atoms with Crippen molar-refractivity contribution >= 4 is 5.97 Å². The van der Waals surface area contributed by atoms with Gasteiger partial charge in [0.1, 0.15) is 0 Å². The molecule has 1 heterocycles. The fourth-order valence-electron chi connectivity index (χ4n) is 7.20. The topological polar surface area (TPSA) is 46.5 Å². The van der Waals surface area contributed by atoms with E-state index in [1.165, 1.54) is 19.3 Å². The average Bonchev–Trinajstić information content (AvgIpc) is 3.10. The summed E-state index contributed by atoms with van der Waals surface area (Å²) in [6, 6.07) is 0. The van der Waals surface area contributed by atoms with E-state index in [-0.39, 0.29) is 18.0 Å². The largest absolute Gasteiger partial charge is 0.465 e. The SMILES string of the molecule is CC(O)C1CC2CC1C1C3CC(C4C(=O)OCC34)C21. The highest BCUT2D eigenvalue weighted by molar-refractivity contribution is 5.76. The van der Waals surface area contributed by atoms with Crippen LogP contribution in [0.15, 0.2) is 0 Å². The molecule has 1 saturated heterocycles. The van der Waals surface area contributed by atoms with Crippen LogP contribution in [0.25, 0.3) is 0 Å². The molecule has 0 spiro atoms. The molecule has 104 valence electrons. The number of fused-ring (bicyclic) bond motifs is 12. The number of hydrogen-bond acceptors (Lipinski definition) is 3. The monoisotopic (exact) mass is 262 g/mol. The highest BCUT2D eigenvalue weighted by Gasteiger charge is 2.70. The fraction of sp³-hybridized carbons (Fsp3) is 0.938. The first kappa shape index (κ1) is 11.1. The van der Waals surface area contributed by atoms with E-state index < -0.39 is 0 Å². The van der Waals surface area contributed by atoms with Crippen LogP contribution in [0.5, 0.6) is 0 Å². The fourth-order valence-corrected chi connectivity index (χ4v) is 7.20. The molecule has 19 heavy (non-hydrogen) atoms. The summed E-state index contributed by atoms with van der Waals surface area (Å²) >= 11 is 0. The molecule has 0 aromatic heterocycles. The van der Waals surface area contributed by atoms with Crippen molar-refractivity contribution in [2.45, 2.75) is 32.3 Å². The molecule has 10 atom stereocenters. The minimum Gasteiger partial charge on any atom is -0.465 e. The van der Waals surface area contributed by atoms with E-state index in [1.54, 1.807) is 0 Å². The third-order valence-electron chi connectivity index (χ3n) is 7.50. The summed E-state index contributed by atoms with van der Waals surface area (Å²) < 4.78 is 5.34. The van der Waals surface area contributed by atoms with Crippen LogP contribution in [0.3, 0.4) is 0 Å². The van der Waals surface area contributed by atoms with E-state index in [2.05, 4.69) is 0 Å². The number of esters is 1. The molecule has 0 aromatic carbocycles. The molecule has 4 aliphatic carbocycles. The second kappa shape index (κ2) is 3.36. The molecule has 0 amide bonds. The normalized spacial score (nSPS) is 62.2. The molecule has 5 fully saturated rings. The van der Waals surface area contributed by atoms with Crippen molar-refractivity contribution in [1.29, 1.82) is 0 Å². The number of rotatable bonds is 1. The zero-order chi connectivity index (χ0) is 12.9. The Balaban J connectivity index is 1.51. The van der Waals surface area contributed by atoms with Gasteiger partial charge >= 0.3 is 5.97 Å². The summed E-state index contributed by atoms with van der Waals surface area (Å²) in [4.78, 5) is 12.0. The van der Waals surface area contributed by atoms with Crippen molar-refractivity contribution in [1.82, 2.24) is 0 Å². The van der Waals surface area contributed by atoms with Gasteiger partial charge in [-0.05, 0) is 67.6 Å². The van der Waals surface area contributed by atoms with Gasteiger partial charge in [0.15, 0.2) is 0 Å². The molecule has 0 radical (unpaired) electrons. The first-order valence-electron chi connectivity index (χ1n) is 8.01. The summed E-state index contributed by atoms with van der Waals surface area (Å²) in [5, 5.41) is 10.0. The van der Waals surface area contributed by atoms with Gasteiger partial charge in [-0.3, -0.25) is 4.79 Å². The standard InChI is InChI=1S/C16H22O3/c1-6(17)8-2-7-3-9(8)14-10-4-11(13(7)14)15-12(10)5-19-16(15)18/h6-15,17H,2-5H2,1H3. The number of aliphatic hydroxyl groups is 1. The molecule has 1 N–H and O–H groups in total. The Morgan fingerprint density at radius 1 is 1.11 bits per heavy atom. The number of hydrogen-bond donors (Lipinski definition) is 1. The lowest BCUT2D eigenvalue weighted by molar-refractivity contribution is -0.143. The Hall–Kier alpha value is -0.570. The molecule has 0 aromatic rings. The molecular formula is C16H22O3. The van der Waals surface area contributed by atoms with Crippen molar-refractivity contribution in [3.05, 3.63) is 0 Å². The van der Waals surface area contributed by atoms with Gasteiger partial charge in [0.05, 0.1) is 18.6 Å². The Morgan fingerprint density at radius 3 is 2.74 bits per heavy atom. The molecule has 3 nitrogen and oxygen atoms in total. The zero-order valence-corrected chi connectivity index (χ0v) is 11.4. The quantitative estimate of drug-likeness (QED) is 0.578. The maximum Gasteiger partial charge on any atom is 0.309 e. The van der Waals surface area contributed by atoms with Crippen LogP contribution >= 0.6 is 0 Å². The number of cyclic esters (lactones) is 1. The Morgan fingerprint density at radius 2 is 1.95 bits per heavy atom. The maximum atomic E-state index is 12.0. The summed E-state index contributed by atoms with van der Waals surface area (Å²) in [6.07, 6.45) is 3.66. The number of ether oxygens (including phenoxy) is 1. The van der Waals surface area contributed by atoms with E-state index in [4.69, 9.17) is 4.74 Å². The van der Waals surface area contributed by atoms with Crippen molar-refractivity contribution in [3.8, 4) is 0 Å². The molecular weight excluding hydrogens is 240 g/mol. The van der Waals surface area contributed by atoms with Gasteiger partial charge in [0, 0.05) is 5.92 Å². The zero-order valence-electron chi connectivity index (χ0n) is 11.4. The molecule has 4 saturated carbocycles. The van der Waals surface area contributed by atoms with Gasteiger partial charge in [-0.1, -0.05) is 0 Å². The van der Waals surface area contributed by atoms with Gasteiger partial charge in [0.2, 0.25) is 0 Å². The highest BCUT2D eigenvalue weighted by atomic mass is 16.5. The van der Waals surface area contributed by atoms with Gasteiger partial charge < -0.3 is 9.84 Å². The number of aliphatic hydroxyl groups excluding tert-OH is 1. The maximum absolute atomic E-state index is 12.0. The van der Waals surface area contributed by atoms with E-state index in [1.807, 2.05) is 6.92 Å². The van der Waals surface area contributed by atoms with Gasteiger partial charge in [-0.15, -0.1) is 0 Å². The Labute approximate surface area is 113 Å². The summed E-state index contributed by atoms with van der Waals surface area (Å²) in [5.41, 5.74) is 0. The summed E-state index contributed by atoms with van der Waals surface area (Å²) in [6.45, 7) is 2.66. The van der Waals surface area contributed by atoms with E-state index in [9.17, 15) is 9.90 Å². The first-order chi connectivity index (χ1) is 9.16. The lowest BCUT2D eigenvalue weighted by atomic mass is 9.61. The van der Waals surface area contributed by atoms with Crippen LogP contribution in [0, 0.1) is 53.3 Å². The lowest BCUT2D eigenvalue weighted by Crippen LogP contribution is -2.42. The summed E-state index contributed by atoms with van der Waals surface area (Å²) in [5.74, 6) is 5.87. The van der Waals surface area contributed by atoms with Crippen molar-refractivity contribution in [2.75, 3.05) is 6.61 Å². The van der Waals surface area contributed by atoms with Crippen LogP contribution in [0.1, 0.15) is 26.2 Å². The highest BCUT2D eigenvalue weighted by Crippen LogP contribution is 2.72. The molecule has 4 bridgehead atoms. The second-order valence-electron chi connectivity index (χ2n) is 7.84. The van der Waals surface area contributed by atoms with Crippen LogP contribution < -0.4 is 0 Å².